The minimum absolute atomic E-state index is 0.0814. The zero-order valence-electron chi connectivity index (χ0n) is 13.5. The first-order chi connectivity index (χ1) is 12.1. The maximum Gasteiger partial charge on any atom is 0.263 e. The molecule has 0 saturated carbocycles. The van der Waals surface area contributed by atoms with Crippen LogP contribution in [0.1, 0.15) is 11.1 Å². The van der Waals surface area contributed by atoms with Gasteiger partial charge >= 0.3 is 0 Å². The zero-order chi connectivity index (χ0) is 17.6. The Balaban J connectivity index is 1.62. The Hall–Kier alpha value is -3.09. The first-order valence-corrected chi connectivity index (χ1v) is 7.91. The third-order valence-electron chi connectivity index (χ3n) is 4.44. The first-order valence-electron chi connectivity index (χ1n) is 7.91. The SMILES string of the molecule is Cc1ccc(N2C(=O)[C@H]3N=NN(Cc4ccccc4F)[C@@H]3C2=O)cc1. The summed E-state index contributed by atoms with van der Waals surface area (Å²) in [6, 6.07) is 11.7. The molecular formula is C18H15FN4O2. The molecule has 0 aliphatic carbocycles. The van der Waals surface area contributed by atoms with Crippen LogP contribution in [0.4, 0.5) is 10.1 Å². The fourth-order valence-corrected chi connectivity index (χ4v) is 3.10. The molecule has 0 spiro atoms. The molecular weight excluding hydrogens is 323 g/mol. The molecule has 2 aliphatic heterocycles. The van der Waals surface area contributed by atoms with Crippen LogP contribution < -0.4 is 4.90 Å². The summed E-state index contributed by atoms with van der Waals surface area (Å²) in [5.74, 6) is -1.17. The van der Waals surface area contributed by atoms with E-state index >= 15 is 0 Å². The summed E-state index contributed by atoms with van der Waals surface area (Å²) in [7, 11) is 0. The Bertz CT molecular complexity index is 881. The number of carbonyl (C=O) groups is 2. The van der Waals surface area contributed by atoms with Gasteiger partial charge in [-0.1, -0.05) is 41.1 Å². The van der Waals surface area contributed by atoms with Crippen molar-refractivity contribution in [3.8, 4) is 0 Å². The third kappa shape index (κ3) is 2.48. The van der Waals surface area contributed by atoms with Gasteiger partial charge in [-0.2, -0.15) is 5.11 Å². The lowest BCUT2D eigenvalue weighted by molar-refractivity contribution is -0.123. The Morgan fingerprint density at radius 1 is 1.04 bits per heavy atom. The standard InChI is InChI=1S/C18H15FN4O2/c1-11-6-8-13(9-7-11)23-17(24)15-16(18(23)25)22(21-20-15)10-12-4-2-3-5-14(12)19/h2-9,15-16H,10H2,1H3/t15-,16-/m0/s1. The maximum absolute atomic E-state index is 13.9. The van der Waals surface area contributed by atoms with Gasteiger partial charge in [0.2, 0.25) is 0 Å². The number of hydrogen-bond acceptors (Lipinski definition) is 5. The quantitative estimate of drug-likeness (QED) is 0.808. The molecule has 6 nitrogen and oxygen atoms in total. The number of aryl methyl sites for hydroxylation is 1. The molecule has 7 heteroatoms. The Morgan fingerprint density at radius 2 is 1.76 bits per heavy atom. The van der Waals surface area contributed by atoms with Gasteiger partial charge in [0.05, 0.1) is 12.2 Å². The summed E-state index contributed by atoms with van der Waals surface area (Å²) >= 11 is 0. The smallest absolute Gasteiger partial charge is 0.263 e. The summed E-state index contributed by atoms with van der Waals surface area (Å²) in [5.41, 5.74) is 1.94. The normalized spacial score (nSPS) is 22.0. The number of imide groups is 1. The second kappa shape index (κ2) is 5.77. The first kappa shape index (κ1) is 15.4. The van der Waals surface area contributed by atoms with E-state index in [0.29, 0.717) is 11.3 Å². The maximum atomic E-state index is 13.9. The summed E-state index contributed by atoms with van der Waals surface area (Å²) in [5, 5.41) is 9.26. The van der Waals surface area contributed by atoms with Crippen molar-refractivity contribution in [2.24, 2.45) is 10.3 Å². The largest absolute Gasteiger partial charge is 0.271 e. The van der Waals surface area contributed by atoms with Crippen molar-refractivity contribution < 1.29 is 14.0 Å². The van der Waals surface area contributed by atoms with Gasteiger partial charge in [0.15, 0.2) is 12.1 Å². The Labute approximate surface area is 143 Å². The number of anilines is 1. The van der Waals surface area contributed by atoms with Crippen molar-refractivity contribution in [1.29, 1.82) is 0 Å². The highest BCUT2D eigenvalue weighted by molar-refractivity contribution is 6.25. The molecule has 25 heavy (non-hydrogen) atoms. The molecule has 1 saturated heterocycles. The van der Waals surface area contributed by atoms with E-state index in [1.54, 1.807) is 30.3 Å². The number of carbonyl (C=O) groups excluding carboxylic acids is 2. The molecule has 2 heterocycles. The van der Waals surface area contributed by atoms with E-state index in [1.165, 1.54) is 11.1 Å². The van der Waals surface area contributed by atoms with Crippen molar-refractivity contribution in [2.75, 3.05) is 4.90 Å². The van der Waals surface area contributed by atoms with Gasteiger partial charge in [-0.25, -0.2) is 9.29 Å². The topological polar surface area (TPSA) is 65.3 Å². The summed E-state index contributed by atoms with van der Waals surface area (Å²) < 4.78 is 13.9. The molecule has 1 fully saturated rings. The molecule has 2 aromatic carbocycles. The van der Waals surface area contributed by atoms with Crippen molar-refractivity contribution in [1.82, 2.24) is 5.01 Å². The minimum atomic E-state index is -0.874. The van der Waals surface area contributed by atoms with Crippen LogP contribution in [0.3, 0.4) is 0 Å². The average molecular weight is 338 g/mol. The van der Waals surface area contributed by atoms with Crippen LogP contribution in [0.5, 0.6) is 0 Å². The lowest BCUT2D eigenvalue weighted by Gasteiger charge is -2.20. The van der Waals surface area contributed by atoms with Crippen LogP contribution in [0, 0.1) is 12.7 Å². The second-order valence-electron chi connectivity index (χ2n) is 6.13. The molecule has 0 radical (unpaired) electrons. The number of rotatable bonds is 3. The number of hydrogen-bond donors (Lipinski definition) is 0. The average Bonchev–Trinajstić information content (AvgIpc) is 3.12. The third-order valence-corrected chi connectivity index (χ3v) is 4.44. The van der Waals surface area contributed by atoms with Crippen LogP contribution in [0.15, 0.2) is 58.9 Å². The van der Waals surface area contributed by atoms with E-state index in [9.17, 15) is 14.0 Å². The number of benzene rings is 2. The molecule has 4 rings (SSSR count). The van der Waals surface area contributed by atoms with E-state index in [1.807, 2.05) is 19.1 Å². The van der Waals surface area contributed by atoms with Crippen molar-refractivity contribution in [2.45, 2.75) is 25.6 Å². The fraction of sp³-hybridized carbons (Fsp3) is 0.222. The fourth-order valence-electron chi connectivity index (χ4n) is 3.10. The van der Waals surface area contributed by atoms with Crippen LogP contribution in [0.2, 0.25) is 0 Å². The predicted molar refractivity (Wildman–Crippen MR) is 88.0 cm³/mol. The molecule has 0 aromatic heterocycles. The van der Waals surface area contributed by atoms with Gasteiger partial charge in [-0.05, 0) is 25.1 Å². The molecule has 126 valence electrons. The Kier molecular flexibility index (Phi) is 3.56. The molecule has 2 aromatic rings. The highest BCUT2D eigenvalue weighted by Gasteiger charge is 2.54. The van der Waals surface area contributed by atoms with Gasteiger partial charge in [0.1, 0.15) is 5.82 Å². The zero-order valence-corrected chi connectivity index (χ0v) is 13.5. The second-order valence-corrected chi connectivity index (χ2v) is 6.13. The van der Waals surface area contributed by atoms with Gasteiger partial charge < -0.3 is 0 Å². The number of amides is 2. The van der Waals surface area contributed by atoms with Crippen LogP contribution in [-0.2, 0) is 16.1 Å². The van der Waals surface area contributed by atoms with Gasteiger partial charge in [-0.15, -0.1) is 0 Å². The van der Waals surface area contributed by atoms with Gasteiger partial charge in [-0.3, -0.25) is 14.6 Å². The van der Waals surface area contributed by atoms with Crippen molar-refractivity contribution in [3.05, 3.63) is 65.5 Å². The lowest BCUT2D eigenvalue weighted by atomic mass is 10.1. The molecule has 2 aliphatic rings. The van der Waals surface area contributed by atoms with E-state index in [0.717, 1.165) is 10.5 Å². The highest BCUT2D eigenvalue weighted by atomic mass is 19.1. The molecule has 0 bridgehead atoms. The molecule has 0 N–H and O–H groups in total. The van der Waals surface area contributed by atoms with E-state index in [2.05, 4.69) is 10.3 Å². The Morgan fingerprint density at radius 3 is 2.48 bits per heavy atom. The highest BCUT2D eigenvalue weighted by Crippen LogP contribution is 2.33. The predicted octanol–water partition coefficient (Wildman–Crippen LogP) is 2.63. The summed E-state index contributed by atoms with van der Waals surface area (Å²) in [6.45, 7) is 2.01. The minimum Gasteiger partial charge on any atom is -0.271 e. The lowest BCUT2D eigenvalue weighted by Crippen LogP contribution is -2.39. The van der Waals surface area contributed by atoms with Crippen LogP contribution in [-0.4, -0.2) is 28.9 Å². The summed E-state index contributed by atoms with van der Waals surface area (Å²) in [6.07, 6.45) is 0. The van der Waals surface area contributed by atoms with Crippen molar-refractivity contribution >= 4 is 17.5 Å². The van der Waals surface area contributed by atoms with E-state index in [4.69, 9.17) is 0 Å². The van der Waals surface area contributed by atoms with E-state index < -0.39 is 18.0 Å². The van der Waals surface area contributed by atoms with Crippen LogP contribution >= 0.6 is 0 Å². The summed E-state index contributed by atoms with van der Waals surface area (Å²) in [4.78, 5) is 26.6. The van der Waals surface area contributed by atoms with E-state index in [-0.39, 0.29) is 18.3 Å². The molecule has 2 atom stereocenters. The monoisotopic (exact) mass is 338 g/mol. The number of halogens is 1. The number of nitrogens with zero attached hydrogens (tertiary/aromatic N) is 4. The number of fused-ring (bicyclic) bond motifs is 1. The van der Waals surface area contributed by atoms with Gasteiger partial charge in [0.25, 0.3) is 11.8 Å². The van der Waals surface area contributed by atoms with Gasteiger partial charge in [0, 0.05) is 5.56 Å². The molecule has 2 amide bonds. The molecule has 0 unspecified atom stereocenters. The van der Waals surface area contributed by atoms with Crippen LogP contribution in [0.25, 0.3) is 0 Å². The van der Waals surface area contributed by atoms with Crippen molar-refractivity contribution in [3.63, 3.8) is 0 Å².